The summed E-state index contributed by atoms with van der Waals surface area (Å²) in [6.45, 7) is 0.496. The third-order valence-corrected chi connectivity index (χ3v) is 3.26. The minimum Gasteiger partial charge on any atom is -0.338 e. The van der Waals surface area contributed by atoms with Crippen LogP contribution < -0.4 is 10.6 Å². The fourth-order valence-corrected chi connectivity index (χ4v) is 2.07. The maximum absolute atomic E-state index is 12.9. The Bertz CT molecular complexity index is 592. The second-order valence-electron chi connectivity index (χ2n) is 4.12. The minimum atomic E-state index is -0.362. The molecule has 2 rings (SSSR count). The van der Waals surface area contributed by atoms with Crippen molar-refractivity contribution in [3.8, 4) is 0 Å². The molecular formula is C14H13BrFN3O. The van der Waals surface area contributed by atoms with E-state index in [0.717, 1.165) is 5.56 Å². The maximum atomic E-state index is 12.9. The molecule has 0 unspecified atom stereocenters. The van der Waals surface area contributed by atoms with Crippen LogP contribution in [-0.4, -0.2) is 17.6 Å². The number of hydrogen-bond acceptors (Lipinski definition) is 2. The Morgan fingerprint density at radius 1 is 1.35 bits per heavy atom. The highest BCUT2D eigenvalue weighted by atomic mass is 79.9. The van der Waals surface area contributed by atoms with Crippen molar-refractivity contribution in [2.24, 2.45) is 0 Å². The quantitative estimate of drug-likeness (QED) is 0.898. The summed E-state index contributed by atoms with van der Waals surface area (Å²) in [7, 11) is 0. The van der Waals surface area contributed by atoms with Gasteiger partial charge in [0, 0.05) is 23.4 Å². The Kier molecular flexibility index (Phi) is 5.06. The first-order valence-electron chi connectivity index (χ1n) is 6.04. The summed E-state index contributed by atoms with van der Waals surface area (Å²) in [6, 6.07) is 7.55. The van der Waals surface area contributed by atoms with Crippen LogP contribution in [0.25, 0.3) is 0 Å². The van der Waals surface area contributed by atoms with Crippen LogP contribution in [0.5, 0.6) is 0 Å². The van der Waals surface area contributed by atoms with Crippen molar-refractivity contribution in [2.45, 2.75) is 6.42 Å². The van der Waals surface area contributed by atoms with Gasteiger partial charge >= 0.3 is 6.03 Å². The van der Waals surface area contributed by atoms with Gasteiger partial charge in [-0.05, 0) is 52.2 Å². The molecule has 0 radical (unpaired) electrons. The molecule has 1 aromatic heterocycles. The molecule has 2 aromatic rings. The first kappa shape index (κ1) is 14.5. The third-order valence-electron chi connectivity index (χ3n) is 2.60. The van der Waals surface area contributed by atoms with Gasteiger partial charge in [0.1, 0.15) is 5.82 Å². The Hall–Kier alpha value is -1.95. The van der Waals surface area contributed by atoms with Crippen LogP contribution in [0.15, 0.2) is 47.2 Å². The van der Waals surface area contributed by atoms with Crippen LogP contribution in [0, 0.1) is 5.82 Å². The highest BCUT2D eigenvalue weighted by Gasteiger charge is 2.05. The molecule has 4 nitrogen and oxygen atoms in total. The average molecular weight is 338 g/mol. The molecule has 0 saturated carbocycles. The van der Waals surface area contributed by atoms with Crippen molar-refractivity contribution in [1.29, 1.82) is 0 Å². The monoisotopic (exact) mass is 337 g/mol. The molecule has 1 aromatic carbocycles. The summed E-state index contributed by atoms with van der Waals surface area (Å²) in [4.78, 5) is 15.7. The van der Waals surface area contributed by atoms with Gasteiger partial charge in [-0.2, -0.15) is 0 Å². The molecule has 0 aliphatic heterocycles. The van der Waals surface area contributed by atoms with Gasteiger partial charge in [0.25, 0.3) is 0 Å². The highest BCUT2D eigenvalue weighted by Crippen LogP contribution is 2.22. The van der Waals surface area contributed by atoms with Crippen LogP contribution in [0.4, 0.5) is 14.9 Å². The summed E-state index contributed by atoms with van der Waals surface area (Å²) >= 11 is 3.19. The number of carbonyl (C=O) groups excluding carboxylic acids is 1. The number of benzene rings is 1. The number of nitrogens with one attached hydrogen (secondary N) is 2. The molecule has 20 heavy (non-hydrogen) atoms. The summed E-state index contributed by atoms with van der Waals surface area (Å²) < 4.78 is 13.4. The van der Waals surface area contributed by atoms with E-state index in [-0.39, 0.29) is 11.8 Å². The largest absolute Gasteiger partial charge is 0.338 e. The van der Waals surface area contributed by atoms with Gasteiger partial charge in [-0.15, -0.1) is 0 Å². The van der Waals surface area contributed by atoms with Crippen LogP contribution in [0.1, 0.15) is 5.56 Å². The molecule has 0 bridgehead atoms. The first-order valence-corrected chi connectivity index (χ1v) is 6.83. The van der Waals surface area contributed by atoms with Gasteiger partial charge < -0.3 is 10.6 Å². The number of pyridine rings is 1. The molecule has 0 atom stereocenters. The normalized spacial score (nSPS) is 10.1. The van der Waals surface area contributed by atoms with Crippen LogP contribution >= 0.6 is 15.9 Å². The fraction of sp³-hybridized carbons (Fsp3) is 0.143. The van der Waals surface area contributed by atoms with Crippen molar-refractivity contribution in [3.05, 3.63) is 58.6 Å². The van der Waals surface area contributed by atoms with Gasteiger partial charge in [-0.3, -0.25) is 4.98 Å². The van der Waals surface area contributed by atoms with Crippen LogP contribution in [-0.2, 0) is 6.42 Å². The number of hydrogen-bond donors (Lipinski definition) is 2. The van der Waals surface area contributed by atoms with E-state index in [1.807, 2.05) is 12.1 Å². The van der Waals surface area contributed by atoms with Crippen molar-refractivity contribution >= 4 is 27.6 Å². The minimum absolute atomic E-state index is 0.332. The van der Waals surface area contributed by atoms with Gasteiger partial charge in [-0.1, -0.05) is 6.07 Å². The van der Waals surface area contributed by atoms with E-state index in [2.05, 4.69) is 31.5 Å². The van der Waals surface area contributed by atoms with Crippen molar-refractivity contribution in [1.82, 2.24) is 10.3 Å². The van der Waals surface area contributed by atoms with Crippen LogP contribution in [0.2, 0.25) is 0 Å². The molecule has 0 aliphatic rings. The lowest BCUT2D eigenvalue weighted by atomic mass is 10.2. The van der Waals surface area contributed by atoms with Crippen molar-refractivity contribution in [3.63, 3.8) is 0 Å². The molecule has 6 heteroatoms. The van der Waals surface area contributed by atoms with Gasteiger partial charge in [-0.25, -0.2) is 9.18 Å². The first-order chi connectivity index (χ1) is 9.65. The van der Waals surface area contributed by atoms with E-state index in [9.17, 15) is 9.18 Å². The summed E-state index contributed by atoms with van der Waals surface area (Å²) in [5.41, 5.74) is 1.57. The predicted octanol–water partition coefficient (Wildman–Crippen LogP) is 3.35. The lowest BCUT2D eigenvalue weighted by Gasteiger charge is -2.09. The number of amides is 2. The number of anilines is 1. The Morgan fingerprint density at radius 2 is 2.20 bits per heavy atom. The van der Waals surface area contributed by atoms with E-state index in [0.29, 0.717) is 23.1 Å². The molecule has 0 aliphatic carbocycles. The number of urea groups is 1. The lowest BCUT2D eigenvalue weighted by Crippen LogP contribution is -2.30. The topological polar surface area (TPSA) is 54.0 Å². The molecule has 1 heterocycles. The van der Waals surface area contributed by atoms with Crippen molar-refractivity contribution in [2.75, 3.05) is 11.9 Å². The fourth-order valence-electron chi connectivity index (χ4n) is 1.62. The maximum Gasteiger partial charge on any atom is 0.319 e. The smallest absolute Gasteiger partial charge is 0.319 e. The highest BCUT2D eigenvalue weighted by molar-refractivity contribution is 9.10. The molecule has 0 spiro atoms. The van der Waals surface area contributed by atoms with E-state index in [4.69, 9.17) is 0 Å². The number of rotatable bonds is 4. The van der Waals surface area contributed by atoms with E-state index < -0.39 is 0 Å². The summed E-state index contributed by atoms with van der Waals surface area (Å²) in [5.74, 6) is -0.362. The van der Waals surface area contributed by atoms with Crippen molar-refractivity contribution < 1.29 is 9.18 Å². The van der Waals surface area contributed by atoms with Crippen LogP contribution in [0.3, 0.4) is 0 Å². The second-order valence-corrected chi connectivity index (χ2v) is 4.97. The number of nitrogens with zero attached hydrogens (tertiary/aromatic N) is 1. The van der Waals surface area contributed by atoms with Gasteiger partial charge in [0.05, 0.1) is 5.69 Å². The Morgan fingerprint density at radius 3 is 2.90 bits per heavy atom. The molecule has 0 saturated heterocycles. The van der Waals surface area contributed by atoms with E-state index >= 15 is 0 Å². The standard InChI is InChI=1S/C14H13BrFN3O/c15-12-8-11(16)3-4-13(12)19-14(20)18-7-5-10-2-1-6-17-9-10/h1-4,6,8-9H,5,7H2,(H2,18,19,20). The molecule has 0 fully saturated rings. The second kappa shape index (κ2) is 7.00. The number of carbonyl (C=O) groups is 1. The zero-order chi connectivity index (χ0) is 14.4. The summed E-state index contributed by atoms with van der Waals surface area (Å²) in [5, 5.41) is 5.37. The zero-order valence-corrected chi connectivity index (χ0v) is 12.2. The lowest BCUT2D eigenvalue weighted by molar-refractivity contribution is 0.252. The summed E-state index contributed by atoms with van der Waals surface area (Å²) in [6.07, 6.45) is 4.16. The third kappa shape index (κ3) is 4.31. The van der Waals surface area contributed by atoms with Gasteiger partial charge in [0.15, 0.2) is 0 Å². The number of halogens is 2. The Balaban J connectivity index is 1.81. The van der Waals surface area contributed by atoms with Gasteiger partial charge in [0.2, 0.25) is 0 Å². The average Bonchev–Trinajstić information content (AvgIpc) is 2.43. The SMILES string of the molecule is O=C(NCCc1cccnc1)Nc1ccc(F)cc1Br. The van der Waals surface area contributed by atoms with E-state index in [1.54, 1.807) is 12.4 Å². The predicted molar refractivity (Wildman–Crippen MR) is 79.1 cm³/mol. The molecular weight excluding hydrogens is 325 g/mol. The molecule has 2 amide bonds. The Labute approximate surface area is 124 Å². The zero-order valence-electron chi connectivity index (χ0n) is 10.6. The molecule has 2 N–H and O–H groups in total. The van der Waals surface area contributed by atoms with E-state index in [1.165, 1.54) is 18.2 Å². The number of aromatic nitrogens is 1. The molecule has 104 valence electrons.